The predicted octanol–water partition coefficient (Wildman–Crippen LogP) is 3.64. The summed E-state index contributed by atoms with van der Waals surface area (Å²) < 4.78 is 0.822. The molecule has 1 saturated heterocycles. The summed E-state index contributed by atoms with van der Waals surface area (Å²) in [7, 11) is 0. The summed E-state index contributed by atoms with van der Waals surface area (Å²) in [6.45, 7) is 4.89. The van der Waals surface area contributed by atoms with E-state index >= 15 is 0 Å². The molecular formula is C15H19IN2O3. The van der Waals surface area contributed by atoms with E-state index in [4.69, 9.17) is 0 Å². The number of likely N-dealkylation sites (tertiary alicyclic amines) is 1. The first-order chi connectivity index (χ1) is 9.90. The number of benzene rings is 1. The number of urea groups is 1. The molecule has 1 fully saturated rings. The van der Waals surface area contributed by atoms with Crippen LogP contribution in [0.5, 0.6) is 0 Å². The Morgan fingerprint density at radius 2 is 2.10 bits per heavy atom. The lowest BCUT2D eigenvalue weighted by Gasteiger charge is -2.37. The molecule has 21 heavy (non-hydrogen) atoms. The van der Waals surface area contributed by atoms with Crippen molar-refractivity contribution in [2.24, 2.45) is 5.92 Å². The van der Waals surface area contributed by atoms with Gasteiger partial charge in [-0.15, -0.1) is 0 Å². The second-order valence-corrected chi connectivity index (χ2v) is 6.72. The molecule has 1 aromatic carbocycles. The largest absolute Gasteiger partial charge is 0.478 e. The summed E-state index contributed by atoms with van der Waals surface area (Å²) in [5, 5.41) is 12.0. The molecule has 0 aliphatic carbocycles. The summed E-state index contributed by atoms with van der Waals surface area (Å²) in [6, 6.07) is 4.92. The monoisotopic (exact) mass is 402 g/mol. The Hall–Kier alpha value is -1.31. The summed E-state index contributed by atoms with van der Waals surface area (Å²) in [4.78, 5) is 25.5. The summed E-state index contributed by atoms with van der Waals surface area (Å²) in [5.74, 6) is -0.580. The lowest BCUT2D eigenvalue weighted by molar-refractivity contribution is 0.0698. The fourth-order valence-electron chi connectivity index (χ4n) is 2.61. The Balaban J connectivity index is 2.18. The fourth-order valence-corrected chi connectivity index (χ4v) is 3.10. The van der Waals surface area contributed by atoms with Gasteiger partial charge in [-0.25, -0.2) is 9.59 Å². The number of nitrogens with one attached hydrogen (secondary N) is 1. The van der Waals surface area contributed by atoms with Gasteiger partial charge in [0.15, 0.2) is 0 Å². The smallest absolute Gasteiger partial charge is 0.337 e. The third-order valence-electron chi connectivity index (χ3n) is 4.09. The molecule has 2 rings (SSSR count). The first kappa shape index (κ1) is 16.1. The molecule has 0 spiro atoms. The van der Waals surface area contributed by atoms with Gasteiger partial charge in [0.05, 0.1) is 11.3 Å². The molecule has 6 heteroatoms. The number of nitrogens with zero attached hydrogens (tertiary/aromatic N) is 1. The van der Waals surface area contributed by atoms with Gasteiger partial charge < -0.3 is 15.3 Å². The number of aromatic carboxylic acids is 1. The van der Waals surface area contributed by atoms with E-state index < -0.39 is 5.97 Å². The van der Waals surface area contributed by atoms with Crippen LogP contribution in [-0.2, 0) is 0 Å². The average Bonchev–Trinajstić information content (AvgIpc) is 2.43. The Bertz CT molecular complexity index is 562. The Morgan fingerprint density at radius 1 is 1.38 bits per heavy atom. The highest BCUT2D eigenvalue weighted by Crippen LogP contribution is 2.25. The van der Waals surface area contributed by atoms with Crippen LogP contribution in [0.1, 0.15) is 37.0 Å². The number of rotatable bonds is 2. The zero-order valence-corrected chi connectivity index (χ0v) is 14.3. The summed E-state index contributed by atoms with van der Waals surface area (Å²) in [5.41, 5.74) is 0.464. The molecule has 1 aliphatic rings. The molecule has 1 aromatic rings. The summed E-state index contributed by atoms with van der Waals surface area (Å²) >= 11 is 2.05. The van der Waals surface area contributed by atoms with E-state index in [1.165, 1.54) is 0 Å². The van der Waals surface area contributed by atoms with Crippen LogP contribution in [0.2, 0.25) is 0 Å². The molecule has 0 saturated carbocycles. The Labute approximate surface area is 137 Å². The van der Waals surface area contributed by atoms with E-state index in [1.807, 2.05) is 6.92 Å². The van der Waals surface area contributed by atoms with Crippen LogP contribution in [0.3, 0.4) is 0 Å². The van der Waals surface area contributed by atoms with Crippen molar-refractivity contribution in [1.82, 2.24) is 4.90 Å². The predicted molar refractivity (Wildman–Crippen MR) is 89.7 cm³/mol. The molecule has 2 atom stereocenters. The highest BCUT2D eigenvalue weighted by molar-refractivity contribution is 14.1. The third kappa shape index (κ3) is 3.66. The van der Waals surface area contributed by atoms with Gasteiger partial charge in [0.25, 0.3) is 0 Å². The van der Waals surface area contributed by atoms with E-state index in [9.17, 15) is 14.7 Å². The molecule has 2 N–H and O–H groups in total. The number of carboxylic acid groups (broad SMARTS) is 1. The van der Waals surface area contributed by atoms with Gasteiger partial charge in [0, 0.05) is 16.2 Å². The molecule has 1 heterocycles. The second-order valence-electron chi connectivity index (χ2n) is 5.48. The SMILES string of the molecule is CC1CCCN(C(=O)Nc2ccc(I)cc2C(=O)O)C1C. The topological polar surface area (TPSA) is 69.6 Å². The van der Waals surface area contributed by atoms with Crippen molar-refractivity contribution >= 4 is 40.3 Å². The van der Waals surface area contributed by atoms with Gasteiger partial charge in [0.2, 0.25) is 0 Å². The molecule has 0 radical (unpaired) electrons. The maximum absolute atomic E-state index is 12.4. The quantitative estimate of drug-likeness (QED) is 0.743. The zero-order valence-electron chi connectivity index (χ0n) is 12.1. The molecular weight excluding hydrogens is 383 g/mol. The normalized spacial score (nSPS) is 22.0. The highest BCUT2D eigenvalue weighted by atomic mass is 127. The van der Waals surface area contributed by atoms with E-state index in [0.717, 1.165) is 16.4 Å². The number of amides is 2. The average molecular weight is 402 g/mol. The molecule has 2 unspecified atom stereocenters. The summed E-state index contributed by atoms with van der Waals surface area (Å²) in [6.07, 6.45) is 2.10. The minimum Gasteiger partial charge on any atom is -0.478 e. The number of carbonyl (C=O) groups is 2. The van der Waals surface area contributed by atoms with Crippen molar-refractivity contribution in [2.75, 3.05) is 11.9 Å². The standard InChI is InChI=1S/C15H19IN2O3/c1-9-4-3-7-18(10(9)2)15(21)17-13-6-5-11(16)8-12(13)14(19)20/h5-6,8-10H,3-4,7H2,1-2H3,(H,17,21)(H,19,20). The number of carbonyl (C=O) groups excluding carboxylic acids is 1. The van der Waals surface area contributed by atoms with Crippen molar-refractivity contribution < 1.29 is 14.7 Å². The van der Waals surface area contributed by atoms with Crippen LogP contribution in [0.25, 0.3) is 0 Å². The van der Waals surface area contributed by atoms with E-state index in [1.54, 1.807) is 23.1 Å². The van der Waals surface area contributed by atoms with Crippen LogP contribution in [0, 0.1) is 9.49 Å². The molecule has 114 valence electrons. The van der Waals surface area contributed by atoms with Crippen LogP contribution in [-0.4, -0.2) is 34.6 Å². The molecule has 5 nitrogen and oxygen atoms in total. The lowest BCUT2D eigenvalue weighted by Crippen LogP contribution is -2.48. The number of carboxylic acids is 1. The van der Waals surface area contributed by atoms with E-state index in [2.05, 4.69) is 34.8 Å². The van der Waals surface area contributed by atoms with Crippen LogP contribution in [0.15, 0.2) is 18.2 Å². The van der Waals surface area contributed by atoms with Crippen molar-refractivity contribution in [1.29, 1.82) is 0 Å². The Morgan fingerprint density at radius 3 is 2.76 bits per heavy atom. The van der Waals surface area contributed by atoms with Crippen molar-refractivity contribution in [3.8, 4) is 0 Å². The van der Waals surface area contributed by atoms with Gasteiger partial charge >= 0.3 is 12.0 Å². The van der Waals surface area contributed by atoms with Crippen LogP contribution >= 0.6 is 22.6 Å². The number of hydrogen-bond acceptors (Lipinski definition) is 2. The number of halogens is 1. The number of piperidine rings is 1. The van der Waals surface area contributed by atoms with Crippen LogP contribution < -0.4 is 5.32 Å². The minimum atomic E-state index is -1.04. The number of hydrogen-bond donors (Lipinski definition) is 2. The van der Waals surface area contributed by atoms with E-state index in [0.29, 0.717) is 18.2 Å². The maximum atomic E-state index is 12.4. The first-order valence-electron chi connectivity index (χ1n) is 7.00. The molecule has 0 aromatic heterocycles. The molecule has 2 amide bonds. The van der Waals surface area contributed by atoms with Crippen molar-refractivity contribution in [2.45, 2.75) is 32.7 Å². The van der Waals surface area contributed by atoms with E-state index in [-0.39, 0.29) is 17.6 Å². The third-order valence-corrected chi connectivity index (χ3v) is 4.76. The zero-order chi connectivity index (χ0) is 15.6. The van der Waals surface area contributed by atoms with Gasteiger partial charge in [-0.1, -0.05) is 6.92 Å². The van der Waals surface area contributed by atoms with Crippen LogP contribution in [0.4, 0.5) is 10.5 Å². The highest BCUT2D eigenvalue weighted by Gasteiger charge is 2.28. The second kappa shape index (κ2) is 6.64. The maximum Gasteiger partial charge on any atom is 0.337 e. The fraction of sp³-hybridized carbons (Fsp3) is 0.467. The molecule has 0 bridgehead atoms. The lowest BCUT2D eigenvalue weighted by atomic mass is 9.92. The van der Waals surface area contributed by atoms with Crippen molar-refractivity contribution in [3.05, 3.63) is 27.3 Å². The molecule has 1 aliphatic heterocycles. The van der Waals surface area contributed by atoms with Crippen molar-refractivity contribution in [3.63, 3.8) is 0 Å². The van der Waals surface area contributed by atoms with Gasteiger partial charge in [-0.05, 0) is 66.5 Å². The Kier molecular flexibility index (Phi) is 5.08. The minimum absolute atomic E-state index is 0.118. The number of anilines is 1. The van der Waals surface area contributed by atoms with Gasteiger partial charge in [-0.3, -0.25) is 0 Å². The van der Waals surface area contributed by atoms with Gasteiger partial charge in [0.1, 0.15) is 0 Å². The first-order valence-corrected chi connectivity index (χ1v) is 8.08. The van der Waals surface area contributed by atoms with Gasteiger partial charge in [-0.2, -0.15) is 0 Å².